The summed E-state index contributed by atoms with van der Waals surface area (Å²) in [6.07, 6.45) is 1.72. The van der Waals surface area contributed by atoms with E-state index >= 15 is 0 Å². The van der Waals surface area contributed by atoms with Crippen LogP contribution in [0.3, 0.4) is 0 Å². The second kappa shape index (κ2) is 12.3. The van der Waals surface area contributed by atoms with E-state index in [4.69, 9.17) is 14.7 Å². The van der Waals surface area contributed by atoms with E-state index in [2.05, 4.69) is 44.8 Å². The molecule has 3 heterocycles. The lowest BCUT2D eigenvalue weighted by Gasteiger charge is -2.30. The van der Waals surface area contributed by atoms with Gasteiger partial charge in [0.05, 0.1) is 24.2 Å². The summed E-state index contributed by atoms with van der Waals surface area (Å²) in [5.74, 6) is 1.71. The van der Waals surface area contributed by atoms with E-state index in [1.165, 1.54) is 10.1 Å². The van der Waals surface area contributed by atoms with Crippen molar-refractivity contribution in [2.45, 2.75) is 44.7 Å². The van der Waals surface area contributed by atoms with Gasteiger partial charge in [-0.25, -0.2) is 13.8 Å². The van der Waals surface area contributed by atoms with Crippen molar-refractivity contribution in [1.82, 2.24) is 24.8 Å². The van der Waals surface area contributed by atoms with Gasteiger partial charge in [0.1, 0.15) is 11.6 Å². The molecule has 40 heavy (non-hydrogen) atoms. The number of nitrogens with one attached hydrogen (secondary N) is 2. The van der Waals surface area contributed by atoms with Crippen LogP contribution in [0.5, 0.6) is 0 Å². The first-order valence-electron chi connectivity index (χ1n) is 14.1. The zero-order valence-electron chi connectivity index (χ0n) is 22.5. The number of alkyl halides is 2. The fraction of sp³-hybridized carbons (Fsp3) is 0.433. The monoisotopic (exact) mass is 547 g/mol. The van der Waals surface area contributed by atoms with Gasteiger partial charge in [-0.05, 0) is 49.3 Å². The van der Waals surface area contributed by atoms with Gasteiger partial charge in [-0.3, -0.25) is 4.57 Å². The van der Waals surface area contributed by atoms with E-state index in [-0.39, 0.29) is 5.82 Å². The van der Waals surface area contributed by atoms with Gasteiger partial charge in [0.25, 0.3) is 6.43 Å². The molecule has 2 aromatic heterocycles. The van der Waals surface area contributed by atoms with Crippen LogP contribution in [0.25, 0.3) is 16.9 Å². The molecule has 4 aromatic rings. The minimum Gasteiger partial charge on any atom is -0.378 e. The molecule has 6 rings (SSSR count). The molecule has 2 N–H and O–H groups in total. The summed E-state index contributed by atoms with van der Waals surface area (Å²) in [5, 5.41) is 7.14. The van der Waals surface area contributed by atoms with Crippen molar-refractivity contribution in [1.29, 1.82) is 0 Å². The van der Waals surface area contributed by atoms with Gasteiger partial charge in [-0.15, -0.1) is 0 Å². The molecule has 1 aliphatic carbocycles. The van der Waals surface area contributed by atoms with E-state index in [9.17, 15) is 8.78 Å². The lowest BCUT2D eigenvalue weighted by molar-refractivity contribution is 0.122. The molecule has 2 fully saturated rings. The molecule has 0 spiro atoms. The minimum absolute atomic E-state index is 0.319. The summed E-state index contributed by atoms with van der Waals surface area (Å²) in [7, 11) is 0. The highest BCUT2D eigenvalue weighted by Gasteiger charge is 2.24. The third-order valence-corrected chi connectivity index (χ3v) is 7.88. The van der Waals surface area contributed by atoms with E-state index in [0.29, 0.717) is 66.9 Å². The second-order valence-electron chi connectivity index (χ2n) is 10.6. The van der Waals surface area contributed by atoms with Crippen LogP contribution in [0.2, 0.25) is 0 Å². The molecule has 0 atom stereocenters. The van der Waals surface area contributed by atoms with Crippen molar-refractivity contribution < 1.29 is 13.5 Å². The largest absolute Gasteiger partial charge is 0.378 e. The SMILES string of the molecule is FC(F)c1nc2ccccc2n1-c1cc(N2CCOCC2)nc(NCC2CCC(NCc3ccccc3)CC2)n1. The van der Waals surface area contributed by atoms with Gasteiger partial charge in [0.2, 0.25) is 5.95 Å². The normalized spacial score (nSPS) is 19.8. The van der Waals surface area contributed by atoms with Gasteiger partial charge in [-0.1, -0.05) is 42.5 Å². The number of halogens is 2. The van der Waals surface area contributed by atoms with Crippen LogP contribution in [0.1, 0.15) is 43.5 Å². The first-order valence-corrected chi connectivity index (χ1v) is 14.1. The van der Waals surface area contributed by atoms with Crippen LogP contribution in [0.4, 0.5) is 20.5 Å². The Bertz CT molecular complexity index is 1400. The Morgan fingerprint density at radius 3 is 2.38 bits per heavy atom. The third kappa shape index (κ3) is 6.08. The Balaban J connectivity index is 1.18. The minimum atomic E-state index is -2.74. The van der Waals surface area contributed by atoms with Gasteiger partial charge in [0.15, 0.2) is 5.82 Å². The predicted octanol–water partition coefficient (Wildman–Crippen LogP) is 5.35. The number of hydrogen-bond acceptors (Lipinski definition) is 7. The van der Waals surface area contributed by atoms with Crippen LogP contribution < -0.4 is 15.5 Å². The fourth-order valence-corrected chi connectivity index (χ4v) is 5.67. The van der Waals surface area contributed by atoms with Crippen molar-refractivity contribution in [3.63, 3.8) is 0 Å². The number of morpholine rings is 1. The lowest BCUT2D eigenvalue weighted by Crippen LogP contribution is -2.37. The van der Waals surface area contributed by atoms with Gasteiger partial charge in [0, 0.05) is 38.3 Å². The molecule has 1 saturated heterocycles. The van der Waals surface area contributed by atoms with E-state index < -0.39 is 6.43 Å². The number of anilines is 2. The molecule has 210 valence electrons. The number of imidazole rings is 1. The van der Waals surface area contributed by atoms with Crippen LogP contribution in [-0.4, -0.2) is 58.4 Å². The highest BCUT2D eigenvalue weighted by atomic mass is 19.3. The third-order valence-electron chi connectivity index (χ3n) is 7.88. The zero-order chi connectivity index (χ0) is 27.3. The van der Waals surface area contributed by atoms with Crippen LogP contribution in [-0.2, 0) is 11.3 Å². The molecule has 0 radical (unpaired) electrons. The molecule has 10 heteroatoms. The highest BCUT2D eigenvalue weighted by molar-refractivity contribution is 5.78. The molecule has 0 bridgehead atoms. The lowest BCUT2D eigenvalue weighted by atomic mass is 9.86. The quantitative estimate of drug-likeness (QED) is 0.292. The average molecular weight is 548 g/mol. The Hall–Kier alpha value is -3.63. The molecule has 0 unspecified atom stereocenters. The fourth-order valence-electron chi connectivity index (χ4n) is 5.67. The van der Waals surface area contributed by atoms with E-state index in [0.717, 1.165) is 38.8 Å². The molecular formula is C30H35F2N7O. The summed E-state index contributed by atoms with van der Waals surface area (Å²) < 4.78 is 35.2. The summed E-state index contributed by atoms with van der Waals surface area (Å²) in [6.45, 7) is 4.19. The van der Waals surface area contributed by atoms with Crippen molar-refractivity contribution in [3.05, 3.63) is 72.1 Å². The Labute approximate surface area is 232 Å². The maximum absolute atomic E-state index is 14.1. The number of hydrogen-bond donors (Lipinski definition) is 2. The number of nitrogens with zero attached hydrogens (tertiary/aromatic N) is 5. The standard InChI is InChI=1S/C30H35F2N7O/c31-28(32)29-35-24-8-4-5-9-25(24)39(29)27-18-26(38-14-16-40-17-15-38)36-30(37-27)34-20-22-10-12-23(13-11-22)33-19-21-6-2-1-3-7-21/h1-9,18,22-23,28,33H,10-17,19-20H2,(H,34,36,37). The first-order chi connectivity index (χ1) is 19.6. The summed E-state index contributed by atoms with van der Waals surface area (Å²) >= 11 is 0. The predicted molar refractivity (Wildman–Crippen MR) is 152 cm³/mol. The summed E-state index contributed by atoms with van der Waals surface area (Å²) in [5.41, 5.74) is 2.41. The Morgan fingerprint density at radius 2 is 1.60 bits per heavy atom. The summed E-state index contributed by atoms with van der Waals surface area (Å²) in [4.78, 5) is 15.9. The maximum atomic E-state index is 14.1. The Morgan fingerprint density at radius 1 is 0.875 bits per heavy atom. The molecular weight excluding hydrogens is 512 g/mol. The highest BCUT2D eigenvalue weighted by Crippen LogP contribution is 2.30. The maximum Gasteiger partial charge on any atom is 0.296 e. The van der Waals surface area contributed by atoms with Crippen LogP contribution in [0.15, 0.2) is 60.7 Å². The second-order valence-corrected chi connectivity index (χ2v) is 10.6. The van der Waals surface area contributed by atoms with E-state index in [1.807, 2.05) is 12.1 Å². The van der Waals surface area contributed by atoms with Crippen molar-refractivity contribution in [2.24, 2.45) is 5.92 Å². The molecule has 2 aromatic carbocycles. The van der Waals surface area contributed by atoms with Gasteiger partial charge < -0.3 is 20.3 Å². The zero-order valence-corrected chi connectivity index (χ0v) is 22.5. The van der Waals surface area contributed by atoms with Crippen molar-refractivity contribution in [3.8, 4) is 5.82 Å². The molecule has 1 saturated carbocycles. The number of para-hydroxylation sites is 2. The van der Waals surface area contributed by atoms with Crippen molar-refractivity contribution >= 4 is 22.8 Å². The molecule has 0 amide bonds. The van der Waals surface area contributed by atoms with Gasteiger partial charge in [-0.2, -0.15) is 9.97 Å². The van der Waals surface area contributed by atoms with Crippen molar-refractivity contribution in [2.75, 3.05) is 43.1 Å². The molecule has 8 nitrogen and oxygen atoms in total. The Kier molecular flexibility index (Phi) is 8.15. The van der Waals surface area contributed by atoms with Crippen LogP contribution >= 0.6 is 0 Å². The number of rotatable bonds is 9. The number of benzene rings is 2. The molecule has 2 aliphatic rings. The number of fused-ring (bicyclic) bond motifs is 1. The van der Waals surface area contributed by atoms with Gasteiger partial charge >= 0.3 is 0 Å². The topological polar surface area (TPSA) is 80.1 Å². The number of ether oxygens (including phenoxy) is 1. The van der Waals surface area contributed by atoms with Crippen LogP contribution in [0, 0.1) is 5.92 Å². The number of aromatic nitrogens is 4. The summed E-state index contributed by atoms with van der Waals surface area (Å²) in [6, 6.07) is 19.9. The average Bonchev–Trinajstić information content (AvgIpc) is 3.41. The van der Waals surface area contributed by atoms with E-state index in [1.54, 1.807) is 24.3 Å². The molecule has 1 aliphatic heterocycles. The first kappa shape index (κ1) is 26.6. The smallest absolute Gasteiger partial charge is 0.296 e.